The molecule has 0 radical (unpaired) electrons. The van der Waals surface area contributed by atoms with Gasteiger partial charge in [-0.05, 0) is 49.9 Å². The zero-order valence-electron chi connectivity index (χ0n) is 15.8. The van der Waals surface area contributed by atoms with E-state index in [0.29, 0.717) is 18.0 Å². The van der Waals surface area contributed by atoms with Crippen LogP contribution in [-0.4, -0.2) is 28.0 Å². The lowest BCUT2D eigenvalue weighted by atomic mass is 10.0. The predicted octanol–water partition coefficient (Wildman–Crippen LogP) is 4.78. The first-order valence-corrected chi connectivity index (χ1v) is 10.5. The summed E-state index contributed by atoms with van der Waals surface area (Å²) in [4.78, 5) is 15.0. The summed E-state index contributed by atoms with van der Waals surface area (Å²) in [5.74, 6) is 0.323. The zero-order chi connectivity index (χ0) is 20.4. The third-order valence-electron chi connectivity index (χ3n) is 4.91. The maximum absolute atomic E-state index is 15.2. The van der Waals surface area contributed by atoms with Crippen LogP contribution in [0.25, 0.3) is 10.4 Å². The van der Waals surface area contributed by atoms with Gasteiger partial charge in [0.1, 0.15) is 5.69 Å². The number of ether oxygens (including phenoxy) is 1. The van der Waals surface area contributed by atoms with Gasteiger partial charge in [0.2, 0.25) is 5.43 Å². The minimum absolute atomic E-state index is 0.0939. The Morgan fingerprint density at radius 3 is 2.69 bits per heavy atom. The van der Waals surface area contributed by atoms with Gasteiger partial charge in [-0.1, -0.05) is 16.1 Å². The molecule has 29 heavy (non-hydrogen) atoms. The topological polar surface area (TPSA) is 60.2 Å². The molecule has 1 aliphatic heterocycles. The summed E-state index contributed by atoms with van der Waals surface area (Å²) in [5.41, 5.74) is -0.0243. The molecule has 0 aliphatic carbocycles. The molecular weight excluding hydrogens is 415 g/mol. The van der Waals surface area contributed by atoms with Gasteiger partial charge in [-0.25, -0.2) is 0 Å². The normalized spacial score (nSPS) is 14.9. The van der Waals surface area contributed by atoms with Crippen molar-refractivity contribution in [1.29, 1.82) is 0 Å². The first-order valence-electron chi connectivity index (χ1n) is 9.35. The Hall–Kier alpha value is -2.29. The van der Waals surface area contributed by atoms with Crippen molar-refractivity contribution in [3.05, 3.63) is 56.9 Å². The summed E-state index contributed by atoms with van der Waals surface area (Å²) < 4.78 is 22.5. The quantitative estimate of drug-likeness (QED) is 0.541. The van der Waals surface area contributed by atoms with Crippen LogP contribution in [0.5, 0.6) is 0 Å². The molecule has 4 heterocycles. The van der Waals surface area contributed by atoms with E-state index in [-0.39, 0.29) is 21.8 Å². The van der Waals surface area contributed by atoms with Gasteiger partial charge in [0.05, 0.1) is 5.56 Å². The molecule has 3 aromatic heterocycles. The molecule has 0 atom stereocenters. The number of aromatic nitrogens is 3. The molecule has 0 unspecified atom stereocenters. The summed E-state index contributed by atoms with van der Waals surface area (Å²) in [6, 6.07) is 6.67. The maximum atomic E-state index is 15.2. The number of pyridine rings is 1. The lowest BCUT2D eigenvalue weighted by Gasteiger charge is -2.24. The lowest BCUT2D eigenvalue weighted by Crippen LogP contribution is -2.24. The van der Waals surface area contributed by atoms with Crippen LogP contribution in [0.1, 0.15) is 17.7 Å². The SMILES string of the molecule is Cc1ccc(-c2cn(CC3CCOCC3)cc(N(F)c3ccc(Cl)nn3)c2=O)s1. The third-order valence-corrected chi connectivity index (χ3v) is 6.14. The minimum Gasteiger partial charge on any atom is -0.381 e. The second kappa shape index (κ2) is 8.61. The van der Waals surface area contributed by atoms with Gasteiger partial charge in [-0.3, -0.25) is 4.79 Å². The van der Waals surface area contributed by atoms with Crippen molar-refractivity contribution in [1.82, 2.24) is 14.8 Å². The summed E-state index contributed by atoms with van der Waals surface area (Å²) in [6.07, 6.45) is 5.24. The Kier molecular flexibility index (Phi) is 5.94. The van der Waals surface area contributed by atoms with E-state index < -0.39 is 5.43 Å². The van der Waals surface area contributed by atoms with Crippen molar-refractivity contribution in [3.8, 4) is 10.4 Å². The van der Waals surface area contributed by atoms with Gasteiger partial charge >= 0.3 is 0 Å². The highest BCUT2D eigenvalue weighted by Gasteiger charge is 2.21. The molecule has 0 amide bonds. The van der Waals surface area contributed by atoms with Crippen molar-refractivity contribution >= 4 is 34.4 Å². The third kappa shape index (κ3) is 4.49. The van der Waals surface area contributed by atoms with E-state index in [2.05, 4.69) is 10.2 Å². The standard InChI is InChI=1S/C20H20ClFN4O2S/c1-13-2-3-17(29-13)15-11-25(10-14-6-8-28-9-7-14)12-16(20(15)27)26(22)19-5-4-18(21)23-24-19/h2-5,11-12,14H,6-10H2,1H3. The van der Waals surface area contributed by atoms with Crippen molar-refractivity contribution in [2.24, 2.45) is 5.92 Å². The van der Waals surface area contributed by atoms with Crippen LogP contribution < -0.4 is 10.6 Å². The molecule has 1 aliphatic rings. The Morgan fingerprint density at radius 2 is 2.03 bits per heavy atom. The molecule has 0 bridgehead atoms. The van der Waals surface area contributed by atoms with Crippen LogP contribution in [0.2, 0.25) is 5.15 Å². The number of hydrogen-bond acceptors (Lipinski definition) is 6. The van der Waals surface area contributed by atoms with E-state index in [1.54, 1.807) is 0 Å². The van der Waals surface area contributed by atoms with Crippen molar-refractivity contribution in [3.63, 3.8) is 0 Å². The number of nitrogens with zero attached hydrogens (tertiary/aromatic N) is 4. The molecule has 6 nitrogen and oxygen atoms in total. The fraction of sp³-hybridized carbons (Fsp3) is 0.350. The Labute approximate surface area is 176 Å². The van der Waals surface area contributed by atoms with Crippen LogP contribution in [0.4, 0.5) is 16.0 Å². The molecule has 0 N–H and O–H groups in total. The van der Waals surface area contributed by atoms with Gasteiger partial charge in [-0.2, -0.15) is 5.12 Å². The Morgan fingerprint density at radius 1 is 1.24 bits per heavy atom. The maximum Gasteiger partial charge on any atom is 0.216 e. The second-order valence-corrected chi connectivity index (χ2v) is 8.72. The van der Waals surface area contributed by atoms with Crippen molar-refractivity contribution in [2.45, 2.75) is 26.3 Å². The summed E-state index contributed by atoms with van der Waals surface area (Å²) in [7, 11) is 0. The largest absolute Gasteiger partial charge is 0.381 e. The number of anilines is 2. The van der Waals surface area contributed by atoms with Crippen LogP contribution in [0.15, 0.2) is 41.5 Å². The van der Waals surface area contributed by atoms with Gasteiger partial charge in [-0.15, -0.1) is 21.5 Å². The van der Waals surface area contributed by atoms with E-state index in [1.165, 1.54) is 29.7 Å². The van der Waals surface area contributed by atoms with Crippen LogP contribution >= 0.6 is 22.9 Å². The van der Waals surface area contributed by atoms with E-state index >= 15 is 4.48 Å². The molecule has 1 saturated heterocycles. The highest BCUT2D eigenvalue weighted by Crippen LogP contribution is 2.29. The first kappa shape index (κ1) is 20.0. The first-order chi connectivity index (χ1) is 14.0. The molecule has 4 rings (SSSR count). The minimum atomic E-state index is -0.394. The van der Waals surface area contributed by atoms with E-state index in [0.717, 1.165) is 35.8 Å². The number of rotatable bonds is 5. The van der Waals surface area contributed by atoms with Crippen LogP contribution in [-0.2, 0) is 11.3 Å². The molecule has 1 fully saturated rings. The molecule has 0 saturated carbocycles. The number of aryl methyl sites for hydroxylation is 1. The molecule has 152 valence electrons. The van der Waals surface area contributed by atoms with Crippen LogP contribution in [0, 0.1) is 12.8 Å². The van der Waals surface area contributed by atoms with E-state index in [9.17, 15) is 4.79 Å². The van der Waals surface area contributed by atoms with Gasteiger partial charge in [0.25, 0.3) is 0 Å². The average Bonchev–Trinajstić information content (AvgIpc) is 3.16. The highest BCUT2D eigenvalue weighted by atomic mass is 35.5. The summed E-state index contributed by atoms with van der Waals surface area (Å²) >= 11 is 7.25. The summed E-state index contributed by atoms with van der Waals surface area (Å²) in [6.45, 7) is 4.12. The smallest absolute Gasteiger partial charge is 0.216 e. The fourth-order valence-corrected chi connectivity index (χ4v) is 4.35. The number of halogens is 2. The molecular formula is C20H20ClFN4O2S. The molecule has 3 aromatic rings. The average molecular weight is 435 g/mol. The Balaban J connectivity index is 1.76. The van der Waals surface area contributed by atoms with Gasteiger partial charge in [0.15, 0.2) is 11.0 Å². The van der Waals surface area contributed by atoms with E-state index in [4.69, 9.17) is 16.3 Å². The zero-order valence-corrected chi connectivity index (χ0v) is 17.4. The fourth-order valence-electron chi connectivity index (χ4n) is 3.38. The molecule has 9 heteroatoms. The summed E-state index contributed by atoms with van der Waals surface area (Å²) in [5, 5.41) is 7.85. The number of thiophene rings is 1. The monoisotopic (exact) mass is 434 g/mol. The predicted molar refractivity (Wildman–Crippen MR) is 113 cm³/mol. The lowest BCUT2D eigenvalue weighted by molar-refractivity contribution is 0.0612. The highest BCUT2D eigenvalue weighted by molar-refractivity contribution is 7.15. The van der Waals surface area contributed by atoms with Gasteiger partial charge < -0.3 is 9.30 Å². The van der Waals surface area contributed by atoms with Crippen molar-refractivity contribution < 1.29 is 9.22 Å². The van der Waals surface area contributed by atoms with Gasteiger partial charge in [0, 0.05) is 41.9 Å². The second-order valence-electron chi connectivity index (χ2n) is 7.04. The molecule has 0 spiro atoms. The number of hydrogen-bond donors (Lipinski definition) is 0. The molecule has 0 aromatic carbocycles. The van der Waals surface area contributed by atoms with Crippen LogP contribution in [0.3, 0.4) is 0 Å². The Bertz CT molecular complexity index is 1050. The van der Waals surface area contributed by atoms with E-state index in [1.807, 2.05) is 29.8 Å². The van der Waals surface area contributed by atoms with Crippen molar-refractivity contribution in [2.75, 3.05) is 18.3 Å².